The number of hydrogen-bond acceptors (Lipinski definition) is 1. The lowest BCUT2D eigenvalue weighted by Gasteiger charge is -2.11. The maximum Gasteiger partial charge on any atom is 0.244 e. The summed E-state index contributed by atoms with van der Waals surface area (Å²) in [4.78, 5) is 11.8. The van der Waals surface area contributed by atoms with Crippen LogP contribution in [0.2, 0.25) is 0 Å². The van der Waals surface area contributed by atoms with E-state index in [1.54, 1.807) is 4.57 Å². The van der Waals surface area contributed by atoms with Gasteiger partial charge in [0, 0.05) is 11.4 Å². The van der Waals surface area contributed by atoms with Gasteiger partial charge in [-0.1, -0.05) is 6.07 Å². The van der Waals surface area contributed by atoms with Gasteiger partial charge in [-0.3, -0.25) is 4.79 Å². The van der Waals surface area contributed by atoms with E-state index in [-0.39, 0.29) is 6.54 Å². The predicted octanol–water partition coefficient (Wildman–Crippen LogP) is 3.02. The van der Waals surface area contributed by atoms with Crippen LogP contribution in [0.25, 0.3) is 0 Å². The molecular weight excluding hydrogens is 250 g/mol. The molecule has 0 bridgehead atoms. The zero-order valence-electron chi connectivity index (χ0n) is 10.7. The third-order valence-corrected chi connectivity index (χ3v) is 2.95. The number of aromatic nitrogens is 1. The lowest BCUT2D eigenvalue weighted by Crippen LogP contribution is -2.21. The van der Waals surface area contributed by atoms with Crippen LogP contribution in [0.1, 0.15) is 11.4 Å². The highest BCUT2D eigenvalue weighted by molar-refractivity contribution is 5.90. The fourth-order valence-corrected chi connectivity index (χ4v) is 1.89. The van der Waals surface area contributed by atoms with Crippen molar-refractivity contribution in [3.05, 3.63) is 53.4 Å². The number of para-hydroxylation sites is 1. The summed E-state index contributed by atoms with van der Waals surface area (Å²) in [6.45, 7) is 3.76. The van der Waals surface area contributed by atoms with Gasteiger partial charge in [0.05, 0.1) is 0 Å². The van der Waals surface area contributed by atoms with Gasteiger partial charge in [0.25, 0.3) is 0 Å². The van der Waals surface area contributed by atoms with E-state index < -0.39 is 23.2 Å². The minimum atomic E-state index is -0.783. The highest BCUT2D eigenvalue weighted by Crippen LogP contribution is 2.18. The number of anilines is 1. The van der Waals surface area contributed by atoms with Crippen molar-refractivity contribution in [2.75, 3.05) is 5.32 Å². The molecule has 0 saturated carbocycles. The Hall–Kier alpha value is -2.17. The molecule has 5 heteroatoms. The van der Waals surface area contributed by atoms with Gasteiger partial charge in [-0.25, -0.2) is 8.78 Å². The van der Waals surface area contributed by atoms with Crippen LogP contribution in [0.3, 0.4) is 0 Å². The van der Waals surface area contributed by atoms with Gasteiger partial charge in [0.2, 0.25) is 5.91 Å². The first kappa shape index (κ1) is 13.3. The molecule has 0 atom stereocenters. The van der Waals surface area contributed by atoms with E-state index in [1.807, 2.05) is 26.0 Å². The number of benzene rings is 1. The van der Waals surface area contributed by atoms with Crippen molar-refractivity contribution >= 4 is 11.6 Å². The molecule has 1 N–H and O–H groups in total. The second-order valence-electron chi connectivity index (χ2n) is 4.35. The fourth-order valence-electron chi connectivity index (χ4n) is 1.89. The van der Waals surface area contributed by atoms with Gasteiger partial charge in [0.15, 0.2) is 0 Å². The lowest BCUT2D eigenvalue weighted by molar-refractivity contribution is -0.116. The van der Waals surface area contributed by atoms with Crippen molar-refractivity contribution < 1.29 is 13.6 Å². The number of aryl methyl sites for hydroxylation is 2. The summed E-state index contributed by atoms with van der Waals surface area (Å²) in [7, 11) is 0. The van der Waals surface area contributed by atoms with Gasteiger partial charge >= 0.3 is 0 Å². The van der Waals surface area contributed by atoms with Crippen LogP contribution in [-0.2, 0) is 11.3 Å². The molecule has 2 rings (SSSR count). The summed E-state index contributed by atoms with van der Waals surface area (Å²) >= 11 is 0. The van der Waals surface area contributed by atoms with E-state index in [9.17, 15) is 13.6 Å². The zero-order chi connectivity index (χ0) is 14.0. The minimum Gasteiger partial charge on any atom is -0.340 e. The summed E-state index contributed by atoms with van der Waals surface area (Å²) in [6.07, 6.45) is 0. The van der Waals surface area contributed by atoms with Crippen LogP contribution in [0, 0.1) is 25.5 Å². The van der Waals surface area contributed by atoms with Crippen molar-refractivity contribution in [3.8, 4) is 0 Å². The van der Waals surface area contributed by atoms with Crippen LogP contribution < -0.4 is 5.32 Å². The monoisotopic (exact) mass is 264 g/mol. The van der Waals surface area contributed by atoms with E-state index in [1.165, 1.54) is 6.07 Å². The number of carbonyl (C=O) groups is 1. The molecule has 1 heterocycles. The molecule has 0 saturated heterocycles. The van der Waals surface area contributed by atoms with Crippen molar-refractivity contribution in [1.82, 2.24) is 4.57 Å². The van der Waals surface area contributed by atoms with Crippen molar-refractivity contribution in [2.24, 2.45) is 0 Å². The molecule has 0 aliphatic heterocycles. The Labute approximate surface area is 109 Å². The largest absolute Gasteiger partial charge is 0.340 e. The Bertz CT molecular complexity index is 580. The first-order chi connectivity index (χ1) is 8.99. The first-order valence-electron chi connectivity index (χ1n) is 5.85. The van der Waals surface area contributed by atoms with E-state index in [2.05, 4.69) is 5.32 Å². The van der Waals surface area contributed by atoms with Crippen molar-refractivity contribution in [2.45, 2.75) is 20.4 Å². The summed E-state index contributed by atoms with van der Waals surface area (Å²) in [6, 6.07) is 7.22. The van der Waals surface area contributed by atoms with Gasteiger partial charge in [-0.05, 0) is 38.1 Å². The second-order valence-corrected chi connectivity index (χ2v) is 4.35. The molecule has 100 valence electrons. The van der Waals surface area contributed by atoms with E-state index >= 15 is 0 Å². The van der Waals surface area contributed by atoms with Crippen LogP contribution >= 0.6 is 0 Å². The number of hydrogen-bond donors (Lipinski definition) is 1. The average molecular weight is 264 g/mol. The maximum atomic E-state index is 13.4. The second kappa shape index (κ2) is 5.22. The quantitative estimate of drug-likeness (QED) is 0.908. The van der Waals surface area contributed by atoms with Gasteiger partial charge in [0.1, 0.15) is 23.9 Å². The van der Waals surface area contributed by atoms with Gasteiger partial charge in [-0.2, -0.15) is 0 Å². The fraction of sp³-hybridized carbons (Fsp3) is 0.214. The molecule has 1 aromatic heterocycles. The number of amides is 1. The first-order valence-corrected chi connectivity index (χ1v) is 5.85. The molecule has 3 nitrogen and oxygen atoms in total. The van der Waals surface area contributed by atoms with Gasteiger partial charge < -0.3 is 9.88 Å². The molecule has 0 spiro atoms. The highest BCUT2D eigenvalue weighted by Gasteiger charge is 2.13. The molecule has 0 aliphatic rings. The molecule has 1 amide bonds. The SMILES string of the molecule is Cc1ccc(C)n1CC(=O)Nc1c(F)cccc1F. The van der Waals surface area contributed by atoms with Crippen molar-refractivity contribution in [3.63, 3.8) is 0 Å². The Balaban J connectivity index is 2.14. The topological polar surface area (TPSA) is 34.0 Å². The van der Waals surface area contributed by atoms with Gasteiger partial charge in [-0.15, -0.1) is 0 Å². The third-order valence-electron chi connectivity index (χ3n) is 2.95. The van der Waals surface area contributed by atoms with E-state index in [0.29, 0.717) is 0 Å². The molecule has 1 aromatic carbocycles. The van der Waals surface area contributed by atoms with E-state index in [4.69, 9.17) is 0 Å². The maximum absolute atomic E-state index is 13.4. The van der Waals surface area contributed by atoms with Crippen LogP contribution in [0.15, 0.2) is 30.3 Å². The highest BCUT2D eigenvalue weighted by atomic mass is 19.1. The summed E-state index contributed by atoms with van der Waals surface area (Å²) in [5.41, 5.74) is 1.43. The lowest BCUT2D eigenvalue weighted by atomic mass is 10.3. The summed E-state index contributed by atoms with van der Waals surface area (Å²) in [5.74, 6) is -2.03. The molecule has 19 heavy (non-hydrogen) atoms. The van der Waals surface area contributed by atoms with Crippen LogP contribution in [-0.4, -0.2) is 10.5 Å². The molecule has 0 aliphatic carbocycles. The number of nitrogens with one attached hydrogen (secondary N) is 1. The molecule has 0 unspecified atom stereocenters. The number of halogens is 2. The number of nitrogens with zero attached hydrogens (tertiary/aromatic N) is 1. The zero-order valence-corrected chi connectivity index (χ0v) is 10.7. The van der Waals surface area contributed by atoms with Crippen molar-refractivity contribution in [1.29, 1.82) is 0 Å². The average Bonchev–Trinajstić information content (AvgIpc) is 2.66. The third kappa shape index (κ3) is 2.81. The number of rotatable bonds is 3. The Kier molecular flexibility index (Phi) is 3.64. The summed E-state index contributed by atoms with van der Waals surface area (Å²) < 4.78 is 28.5. The summed E-state index contributed by atoms with van der Waals surface area (Å²) in [5, 5.41) is 2.26. The van der Waals surface area contributed by atoms with Crippen LogP contribution in [0.5, 0.6) is 0 Å². The van der Waals surface area contributed by atoms with Crippen LogP contribution in [0.4, 0.5) is 14.5 Å². The Morgan fingerprint density at radius 2 is 1.63 bits per heavy atom. The minimum absolute atomic E-state index is 0.0262. The Morgan fingerprint density at radius 1 is 1.11 bits per heavy atom. The predicted molar refractivity (Wildman–Crippen MR) is 68.9 cm³/mol. The number of carbonyl (C=O) groups excluding carboxylic acids is 1. The molecule has 2 aromatic rings. The molecule has 0 fully saturated rings. The smallest absolute Gasteiger partial charge is 0.244 e. The van der Waals surface area contributed by atoms with E-state index in [0.717, 1.165) is 23.5 Å². The normalized spacial score (nSPS) is 10.5. The standard InChI is InChI=1S/C14H14F2N2O/c1-9-6-7-10(2)18(9)8-13(19)17-14-11(15)4-3-5-12(14)16/h3-7H,8H2,1-2H3,(H,17,19). The Morgan fingerprint density at radius 3 is 2.16 bits per heavy atom. The molecular formula is C14H14F2N2O. The molecule has 0 radical (unpaired) electrons.